The van der Waals surface area contributed by atoms with Gasteiger partial charge in [-0.25, -0.2) is 14.6 Å². The summed E-state index contributed by atoms with van der Waals surface area (Å²) in [6.07, 6.45) is 2.99. The summed E-state index contributed by atoms with van der Waals surface area (Å²) in [7, 11) is 0. The van der Waals surface area contributed by atoms with Crippen LogP contribution >= 0.6 is 22.9 Å². The summed E-state index contributed by atoms with van der Waals surface area (Å²) in [6.45, 7) is 2.09. The number of carbonyl (C=O) groups excluding carboxylic acids is 1. The summed E-state index contributed by atoms with van der Waals surface area (Å²) in [4.78, 5) is 20.8. The number of fused-ring (bicyclic) bond motifs is 1. The van der Waals surface area contributed by atoms with Crippen LogP contribution in [0.1, 0.15) is 5.01 Å². The van der Waals surface area contributed by atoms with Gasteiger partial charge in [-0.1, -0.05) is 11.6 Å². The molecule has 0 aliphatic carbocycles. The van der Waals surface area contributed by atoms with E-state index in [9.17, 15) is 4.79 Å². The minimum atomic E-state index is -0.195. The summed E-state index contributed by atoms with van der Waals surface area (Å²) in [5.74, 6) is -0.195. The van der Waals surface area contributed by atoms with E-state index in [0.29, 0.717) is 16.4 Å². The SMILES string of the molecule is Cc1nc2ccc(NCC(=O)Nc3cc(Cl)ccc3-n3cncn3)cc2s1. The van der Waals surface area contributed by atoms with E-state index in [0.717, 1.165) is 20.9 Å². The molecule has 136 valence electrons. The molecule has 0 saturated heterocycles. The summed E-state index contributed by atoms with van der Waals surface area (Å²) < 4.78 is 2.65. The maximum atomic E-state index is 12.4. The van der Waals surface area contributed by atoms with Crippen molar-refractivity contribution in [2.45, 2.75) is 6.92 Å². The van der Waals surface area contributed by atoms with E-state index in [1.54, 1.807) is 40.5 Å². The first-order chi connectivity index (χ1) is 13.1. The molecule has 27 heavy (non-hydrogen) atoms. The molecular formula is C18H15ClN6OS. The zero-order valence-electron chi connectivity index (χ0n) is 14.3. The maximum Gasteiger partial charge on any atom is 0.243 e. The largest absolute Gasteiger partial charge is 0.376 e. The van der Waals surface area contributed by atoms with Gasteiger partial charge in [-0.05, 0) is 43.3 Å². The van der Waals surface area contributed by atoms with Gasteiger partial charge in [0.05, 0.1) is 33.1 Å². The molecule has 0 aliphatic rings. The lowest BCUT2D eigenvalue weighted by atomic mass is 10.2. The molecule has 2 N–H and O–H groups in total. The highest BCUT2D eigenvalue weighted by Crippen LogP contribution is 2.25. The van der Waals surface area contributed by atoms with Crippen LogP contribution in [0.2, 0.25) is 5.02 Å². The van der Waals surface area contributed by atoms with Crippen molar-refractivity contribution in [1.82, 2.24) is 19.7 Å². The van der Waals surface area contributed by atoms with Crippen molar-refractivity contribution in [2.75, 3.05) is 17.2 Å². The number of hydrogen-bond donors (Lipinski definition) is 2. The van der Waals surface area contributed by atoms with Crippen LogP contribution in [0.3, 0.4) is 0 Å². The van der Waals surface area contributed by atoms with Crippen LogP contribution in [0.25, 0.3) is 15.9 Å². The standard InChI is InChI=1S/C18H15ClN6OS/c1-11-23-14-4-3-13(7-17(14)27-11)21-8-18(26)24-15-6-12(19)2-5-16(15)25-10-20-9-22-25/h2-7,9-10,21H,8H2,1H3,(H,24,26). The molecule has 2 aromatic carbocycles. The molecule has 0 saturated carbocycles. The van der Waals surface area contributed by atoms with Crippen LogP contribution in [0, 0.1) is 6.92 Å². The van der Waals surface area contributed by atoms with E-state index in [2.05, 4.69) is 25.7 Å². The van der Waals surface area contributed by atoms with Crippen molar-refractivity contribution < 1.29 is 4.79 Å². The van der Waals surface area contributed by atoms with Gasteiger partial charge in [-0.15, -0.1) is 11.3 Å². The van der Waals surface area contributed by atoms with Gasteiger partial charge in [0.1, 0.15) is 12.7 Å². The topological polar surface area (TPSA) is 84.7 Å². The Morgan fingerprint density at radius 1 is 1.26 bits per heavy atom. The molecule has 0 radical (unpaired) electrons. The number of benzene rings is 2. The third kappa shape index (κ3) is 3.91. The first-order valence-corrected chi connectivity index (χ1v) is 9.33. The number of halogens is 1. The molecule has 4 rings (SSSR count). The molecular weight excluding hydrogens is 384 g/mol. The maximum absolute atomic E-state index is 12.4. The Kier molecular flexibility index (Phi) is 4.74. The fourth-order valence-electron chi connectivity index (χ4n) is 2.67. The molecule has 4 aromatic rings. The number of hydrogen-bond acceptors (Lipinski definition) is 6. The molecule has 0 fully saturated rings. The highest BCUT2D eigenvalue weighted by molar-refractivity contribution is 7.18. The molecule has 0 atom stereocenters. The molecule has 1 amide bonds. The van der Waals surface area contributed by atoms with Crippen LogP contribution in [0.4, 0.5) is 11.4 Å². The van der Waals surface area contributed by atoms with Crippen molar-refractivity contribution in [3.63, 3.8) is 0 Å². The van der Waals surface area contributed by atoms with Gasteiger partial charge >= 0.3 is 0 Å². The number of thiazole rings is 1. The number of carbonyl (C=O) groups is 1. The molecule has 0 aliphatic heterocycles. The summed E-state index contributed by atoms with van der Waals surface area (Å²) >= 11 is 7.70. The Hall–Kier alpha value is -2.97. The van der Waals surface area contributed by atoms with Gasteiger partial charge in [-0.3, -0.25) is 4.79 Å². The van der Waals surface area contributed by atoms with Crippen molar-refractivity contribution in [3.8, 4) is 5.69 Å². The molecule has 9 heteroatoms. The van der Waals surface area contributed by atoms with Crippen LogP contribution in [0.15, 0.2) is 49.1 Å². The molecule has 2 heterocycles. The average molecular weight is 399 g/mol. The van der Waals surface area contributed by atoms with Crippen LogP contribution in [-0.4, -0.2) is 32.2 Å². The fourth-order valence-corrected chi connectivity index (χ4v) is 3.71. The van der Waals surface area contributed by atoms with E-state index in [-0.39, 0.29) is 12.5 Å². The lowest BCUT2D eigenvalue weighted by Crippen LogP contribution is -2.22. The first kappa shape index (κ1) is 17.4. The predicted octanol–water partition coefficient (Wildman–Crippen LogP) is 3.89. The van der Waals surface area contributed by atoms with Crippen molar-refractivity contribution in [3.05, 3.63) is 59.1 Å². The van der Waals surface area contributed by atoms with Crippen LogP contribution < -0.4 is 10.6 Å². The third-order valence-corrected chi connectivity index (χ3v) is 5.02. The van der Waals surface area contributed by atoms with E-state index < -0.39 is 0 Å². The zero-order chi connectivity index (χ0) is 18.8. The molecule has 0 spiro atoms. The molecule has 7 nitrogen and oxygen atoms in total. The number of aromatic nitrogens is 4. The lowest BCUT2D eigenvalue weighted by Gasteiger charge is -2.12. The Balaban J connectivity index is 1.47. The number of rotatable bonds is 5. The smallest absolute Gasteiger partial charge is 0.243 e. The Labute approximate surface area is 164 Å². The summed E-state index contributed by atoms with van der Waals surface area (Å²) in [5, 5.41) is 11.6. The highest BCUT2D eigenvalue weighted by atomic mass is 35.5. The quantitative estimate of drug-likeness (QED) is 0.532. The summed E-state index contributed by atoms with van der Waals surface area (Å²) in [5.41, 5.74) is 3.08. The highest BCUT2D eigenvalue weighted by Gasteiger charge is 2.10. The van der Waals surface area contributed by atoms with E-state index >= 15 is 0 Å². The van der Waals surface area contributed by atoms with Crippen LogP contribution in [0.5, 0.6) is 0 Å². The molecule has 0 bridgehead atoms. The number of amides is 1. The Morgan fingerprint density at radius 3 is 2.96 bits per heavy atom. The Bertz CT molecular complexity index is 1110. The summed E-state index contributed by atoms with van der Waals surface area (Å²) in [6, 6.07) is 11.0. The predicted molar refractivity (Wildman–Crippen MR) is 108 cm³/mol. The fraction of sp³-hybridized carbons (Fsp3) is 0.111. The van der Waals surface area contributed by atoms with Crippen molar-refractivity contribution in [2.24, 2.45) is 0 Å². The van der Waals surface area contributed by atoms with Crippen LogP contribution in [-0.2, 0) is 4.79 Å². The van der Waals surface area contributed by atoms with Gasteiger partial charge in [0.25, 0.3) is 0 Å². The number of nitrogens with zero attached hydrogens (tertiary/aromatic N) is 4. The molecule has 2 aromatic heterocycles. The normalized spacial score (nSPS) is 10.9. The monoisotopic (exact) mass is 398 g/mol. The zero-order valence-corrected chi connectivity index (χ0v) is 15.9. The van der Waals surface area contributed by atoms with Gasteiger partial charge in [0.2, 0.25) is 5.91 Å². The Morgan fingerprint density at radius 2 is 2.15 bits per heavy atom. The second-order valence-electron chi connectivity index (χ2n) is 5.82. The third-order valence-electron chi connectivity index (χ3n) is 3.85. The second-order valence-corrected chi connectivity index (χ2v) is 7.49. The minimum Gasteiger partial charge on any atom is -0.376 e. The molecule has 0 unspecified atom stereocenters. The van der Waals surface area contributed by atoms with Gasteiger partial charge < -0.3 is 10.6 Å². The van der Waals surface area contributed by atoms with E-state index in [1.165, 1.54) is 6.33 Å². The first-order valence-electron chi connectivity index (χ1n) is 8.14. The average Bonchev–Trinajstić information content (AvgIpc) is 3.28. The van der Waals surface area contributed by atoms with Gasteiger partial charge in [-0.2, -0.15) is 5.10 Å². The lowest BCUT2D eigenvalue weighted by molar-refractivity contribution is -0.114. The second kappa shape index (κ2) is 7.34. The van der Waals surface area contributed by atoms with E-state index in [4.69, 9.17) is 11.6 Å². The van der Waals surface area contributed by atoms with Gasteiger partial charge in [0, 0.05) is 10.7 Å². The van der Waals surface area contributed by atoms with Crippen molar-refractivity contribution in [1.29, 1.82) is 0 Å². The number of aryl methyl sites for hydroxylation is 1. The van der Waals surface area contributed by atoms with E-state index in [1.807, 2.05) is 25.1 Å². The minimum absolute atomic E-state index is 0.118. The van der Waals surface area contributed by atoms with Gasteiger partial charge in [0.15, 0.2) is 0 Å². The number of anilines is 2. The number of nitrogens with one attached hydrogen (secondary N) is 2. The van der Waals surface area contributed by atoms with Crippen molar-refractivity contribution >= 4 is 50.4 Å².